The highest BCUT2D eigenvalue weighted by Gasteiger charge is 2.25. The Bertz CT molecular complexity index is 1250. The van der Waals surface area contributed by atoms with Crippen molar-refractivity contribution in [2.75, 3.05) is 6.61 Å². The normalized spacial score (nSPS) is 10.5. The van der Waals surface area contributed by atoms with Crippen LogP contribution in [0.25, 0.3) is 0 Å². The number of hydrogen-bond acceptors (Lipinski definition) is 5. The van der Waals surface area contributed by atoms with Crippen LogP contribution in [0.15, 0.2) is 47.3 Å². The molecule has 0 fully saturated rings. The van der Waals surface area contributed by atoms with Gasteiger partial charge in [0.2, 0.25) is 11.7 Å². The van der Waals surface area contributed by atoms with Crippen LogP contribution in [-0.4, -0.2) is 22.1 Å². The molecule has 0 amide bonds. The summed E-state index contributed by atoms with van der Waals surface area (Å²) >= 11 is 6.18. The van der Waals surface area contributed by atoms with Crippen LogP contribution in [0, 0.1) is 32.1 Å². The van der Waals surface area contributed by atoms with Gasteiger partial charge in [-0.1, -0.05) is 48.0 Å². The second kappa shape index (κ2) is 9.07. The fraction of sp³-hybridized carbons (Fsp3) is 0.208. The maximum absolute atomic E-state index is 13.0. The molecule has 2 aromatic carbocycles. The summed E-state index contributed by atoms with van der Waals surface area (Å²) in [4.78, 5) is 25.8. The Kier molecular flexibility index (Phi) is 6.47. The van der Waals surface area contributed by atoms with Gasteiger partial charge in [-0.25, -0.2) is 0 Å². The summed E-state index contributed by atoms with van der Waals surface area (Å²) in [5, 5.41) is 20.7. The fourth-order valence-corrected chi connectivity index (χ4v) is 3.66. The molecule has 3 rings (SSSR count). The van der Waals surface area contributed by atoms with Crippen molar-refractivity contribution < 1.29 is 14.6 Å². The molecule has 0 aliphatic carbocycles. The smallest absolute Gasteiger partial charge is 0.271 e. The number of rotatable bonds is 6. The average molecular weight is 437 g/mol. The molecule has 6 nitrogen and oxygen atoms in total. The maximum atomic E-state index is 13.0. The van der Waals surface area contributed by atoms with E-state index in [4.69, 9.17) is 16.3 Å². The third-order valence-electron chi connectivity index (χ3n) is 5.12. The summed E-state index contributed by atoms with van der Waals surface area (Å²) in [6.07, 6.45) is 0. The number of Topliss-reactive ketones (excluding diaryl/α,β-unsaturated/α-hetero) is 1. The van der Waals surface area contributed by atoms with E-state index in [0.717, 1.165) is 15.7 Å². The lowest BCUT2D eigenvalue weighted by Gasteiger charge is -2.17. The molecule has 0 unspecified atom stereocenters. The number of nitriles is 1. The van der Waals surface area contributed by atoms with Gasteiger partial charge in [-0.15, -0.1) is 0 Å². The minimum atomic E-state index is -0.690. The molecule has 0 bridgehead atoms. The van der Waals surface area contributed by atoms with Crippen molar-refractivity contribution in [3.63, 3.8) is 0 Å². The Labute approximate surface area is 184 Å². The lowest BCUT2D eigenvalue weighted by atomic mass is 10.0. The number of hydrogen-bond donors (Lipinski definition) is 1. The van der Waals surface area contributed by atoms with E-state index >= 15 is 0 Å². The van der Waals surface area contributed by atoms with Crippen LogP contribution in [0.4, 0.5) is 0 Å². The molecular formula is C24H21ClN2O4. The number of aryl methyl sites for hydroxylation is 2. The number of carbonyl (C=O) groups is 1. The van der Waals surface area contributed by atoms with E-state index in [1.165, 1.54) is 6.92 Å². The SMILES string of the molecule is Cc1cccc(C)c1OCC(=O)c1c(C)c(C#N)c(=O)n(Cc2ccccc2Cl)c1O. The van der Waals surface area contributed by atoms with Crippen molar-refractivity contribution in [1.29, 1.82) is 5.26 Å². The third-order valence-corrected chi connectivity index (χ3v) is 5.49. The van der Waals surface area contributed by atoms with Gasteiger partial charge in [0.25, 0.3) is 5.56 Å². The molecule has 31 heavy (non-hydrogen) atoms. The highest BCUT2D eigenvalue weighted by molar-refractivity contribution is 6.31. The van der Waals surface area contributed by atoms with Crippen LogP contribution < -0.4 is 10.3 Å². The highest BCUT2D eigenvalue weighted by atomic mass is 35.5. The Morgan fingerprint density at radius 1 is 1.13 bits per heavy atom. The van der Waals surface area contributed by atoms with E-state index in [0.29, 0.717) is 16.3 Å². The molecular weight excluding hydrogens is 416 g/mol. The molecule has 1 aromatic heterocycles. The molecule has 0 spiro atoms. The van der Waals surface area contributed by atoms with E-state index in [-0.39, 0.29) is 29.8 Å². The average Bonchev–Trinajstić information content (AvgIpc) is 2.72. The summed E-state index contributed by atoms with van der Waals surface area (Å²) in [5.41, 5.74) is 1.42. The van der Waals surface area contributed by atoms with Gasteiger partial charge in [0.05, 0.1) is 12.1 Å². The summed E-state index contributed by atoms with van der Waals surface area (Å²) in [7, 11) is 0. The summed E-state index contributed by atoms with van der Waals surface area (Å²) in [6, 6.07) is 14.3. The molecule has 0 aliphatic rings. The van der Waals surface area contributed by atoms with E-state index in [1.54, 1.807) is 24.3 Å². The monoisotopic (exact) mass is 436 g/mol. The lowest BCUT2D eigenvalue weighted by molar-refractivity contribution is 0.0915. The molecule has 0 radical (unpaired) electrons. The largest absolute Gasteiger partial charge is 0.494 e. The van der Waals surface area contributed by atoms with Gasteiger partial charge in [-0.05, 0) is 49.1 Å². The quantitative estimate of drug-likeness (QED) is 0.581. The summed E-state index contributed by atoms with van der Waals surface area (Å²) < 4.78 is 6.71. The fourth-order valence-electron chi connectivity index (χ4n) is 3.47. The molecule has 3 aromatic rings. The molecule has 0 aliphatic heterocycles. The Balaban J connectivity index is 2.03. The zero-order chi connectivity index (χ0) is 22.7. The molecule has 7 heteroatoms. The minimum Gasteiger partial charge on any atom is -0.494 e. The number of nitrogens with zero attached hydrogens (tertiary/aromatic N) is 2. The number of aromatic hydroxyl groups is 1. The number of carbonyl (C=O) groups excluding carboxylic acids is 1. The minimum absolute atomic E-state index is 0.0860. The summed E-state index contributed by atoms with van der Waals surface area (Å²) in [5.74, 6) is -0.475. The Morgan fingerprint density at radius 2 is 1.77 bits per heavy atom. The lowest BCUT2D eigenvalue weighted by Crippen LogP contribution is -2.28. The van der Waals surface area contributed by atoms with Gasteiger partial charge in [-0.3, -0.25) is 14.2 Å². The first-order valence-corrected chi connectivity index (χ1v) is 9.96. The number of aromatic nitrogens is 1. The van der Waals surface area contributed by atoms with Crippen molar-refractivity contribution in [3.05, 3.63) is 91.2 Å². The maximum Gasteiger partial charge on any atom is 0.271 e. The Morgan fingerprint density at radius 3 is 2.39 bits per heavy atom. The van der Waals surface area contributed by atoms with E-state index in [9.17, 15) is 20.0 Å². The molecule has 158 valence electrons. The van der Waals surface area contributed by atoms with Crippen LogP contribution in [-0.2, 0) is 6.54 Å². The van der Waals surface area contributed by atoms with Gasteiger partial charge in [0.1, 0.15) is 17.4 Å². The number of para-hydroxylation sites is 1. The molecule has 0 saturated carbocycles. The number of ether oxygens (including phenoxy) is 1. The molecule has 1 heterocycles. The van der Waals surface area contributed by atoms with Gasteiger partial charge in [0.15, 0.2) is 6.61 Å². The van der Waals surface area contributed by atoms with Crippen molar-refractivity contribution in [2.45, 2.75) is 27.3 Å². The number of benzene rings is 2. The zero-order valence-corrected chi connectivity index (χ0v) is 18.2. The first-order chi connectivity index (χ1) is 14.8. The van der Waals surface area contributed by atoms with Crippen LogP contribution in [0.2, 0.25) is 5.02 Å². The highest BCUT2D eigenvalue weighted by Crippen LogP contribution is 2.26. The first-order valence-electron chi connectivity index (χ1n) is 9.58. The first kappa shape index (κ1) is 22.1. The number of halogens is 1. The van der Waals surface area contributed by atoms with Crippen LogP contribution >= 0.6 is 11.6 Å². The van der Waals surface area contributed by atoms with Gasteiger partial charge < -0.3 is 9.84 Å². The van der Waals surface area contributed by atoms with Gasteiger partial charge in [-0.2, -0.15) is 5.26 Å². The second-order valence-corrected chi connectivity index (χ2v) is 7.63. The van der Waals surface area contributed by atoms with Gasteiger partial charge >= 0.3 is 0 Å². The standard InChI is InChI=1S/C24H21ClN2O4/c1-14-7-6-8-15(2)22(14)31-13-20(28)21-16(3)18(11-26)23(29)27(24(21)30)12-17-9-4-5-10-19(17)25/h4-10,30H,12-13H2,1-3H3. The van der Waals surface area contributed by atoms with Crippen LogP contribution in [0.1, 0.15) is 38.2 Å². The topological polar surface area (TPSA) is 92.3 Å². The number of pyridine rings is 1. The Hall–Kier alpha value is -3.56. The third kappa shape index (κ3) is 4.32. The predicted octanol–water partition coefficient (Wildman–Crippen LogP) is 4.31. The second-order valence-electron chi connectivity index (χ2n) is 7.23. The van der Waals surface area contributed by atoms with Crippen LogP contribution in [0.3, 0.4) is 0 Å². The van der Waals surface area contributed by atoms with Crippen molar-refractivity contribution in [3.8, 4) is 17.7 Å². The van der Waals surface area contributed by atoms with Gasteiger partial charge in [0, 0.05) is 5.02 Å². The van der Waals surface area contributed by atoms with Crippen molar-refractivity contribution in [1.82, 2.24) is 4.57 Å². The van der Waals surface area contributed by atoms with E-state index < -0.39 is 17.2 Å². The number of ketones is 1. The van der Waals surface area contributed by atoms with Crippen molar-refractivity contribution in [2.24, 2.45) is 0 Å². The zero-order valence-electron chi connectivity index (χ0n) is 17.4. The van der Waals surface area contributed by atoms with Crippen molar-refractivity contribution >= 4 is 17.4 Å². The van der Waals surface area contributed by atoms with E-state index in [1.807, 2.05) is 38.1 Å². The van der Waals surface area contributed by atoms with E-state index in [2.05, 4.69) is 0 Å². The van der Waals surface area contributed by atoms with Crippen LogP contribution in [0.5, 0.6) is 11.6 Å². The summed E-state index contributed by atoms with van der Waals surface area (Å²) in [6.45, 7) is 4.76. The molecule has 0 saturated heterocycles. The molecule has 0 atom stereocenters. The predicted molar refractivity (Wildman–Crippen MR) is 118 cm³/mol. The molecule has 1 N–H and O–H groups in total.